The van der Waals surface area contributed by atoms with Gasteiger partial charge in [0.15, 0.2) is 0 Å². The largest absolute Gasteiger partial charge is 0.273 e. The molecule has 0 radical (unpaired) electrons. The Bertz CT molecular complexity index is 500. The van der Waals surface area contributed by atoms with E-state index in [9.17, 15) is 18.4 Å². The number of nitrogens with one attached hydrogen (secondary N) is 1. The molecule has 1 N–H and O–H groups in total. The molecule has 0 bridgehead atoms. The fourth-order valence-corrected chi connectivity index (χ4v) is 1.37. The van der Waals surface area contributed by atoms with Crippen molar-refractivity contribution in [3.8, 4) is 0 Å². The first-order valence-corrected chi connectivity index (χ1v) is 5.48. The number of amides is 1. The van der Waals surface area contributed by atoms with Crippen molar-refractivity contribution in [1.29, 1.82) is 0 Å². The lowest BCUT2D eigenvalue weighted by atomic mass is 10.1. The quantitative estimate of drug-likeness (QED) is 0.490. The number of carbonyl (C=O) groups excluding carboxylic acids is 2. The Morgan fingerprint density at radius 3 is 2.84 bits per heavy atom. The summed E-state index contributed by atoms with van der Waals surface area (Å²) in [5.41, 5.74) is 1.87. The summed E-state index contributed by atoms with van der Waals surface area (Å²) in [6.07, 6.45) is -1.24. The van der Waals surface area contributed by atoms with Gasteiger partial charge >= 0.3 is 0 Å². The number of hydrogen-bond donors (Lipinski definition) is 1. The number of rotatable bonds is 6. The molecule has 0 fully saturated rings. The lowest BCUT2D eigenvalue weighted by Crippen LogP contribution is -2.22. The standard InChI is InChI=1S/C12H12F2N2O3/c1-2-11(18)16-19-6-9-8(12(13)14)4-3-5-10(9)15-7-17/h3-5,12H,2,6H2,1H3,(H,16,18). The van der Waals surface area contributed by atoms with Crippen LogP contribution in [0.4, 0.5) is 14.5 Å². The second-order valence-corrected chi connectivity index (χ2v) is 3.52. The number of aliphatic imine (C=N–C) groups is 1. The van der Waals surface area contributed by atoms with Crippen LogP contribution in [0.25, 0.3) is 0 Å². The molecule has 0 spiro atoms. The number of isocyanates is 1. The zero-order chi connectivity index (χ0) is 14.3. The maximum Gasteiger partial charge on any atom is 0.264 e. The third kappa shape index (κ3) is 4.24. The number of halogens is 2. The van der Waals surface area contributed by atoms with Crippen LogP contribution in [0.5, 0.6) is 0 Å². The Labute approximate surface area is 108 Å². The summed E-state index contributed by atoms with van der Waals surface area (Å²) in [7, 11) is 0. The minimum Gasteiger partial charge on any atom is -0.273 e. The monoisotopic (exact) mass is 270 g/mol. The molecule has 0 atom stereocenters. The van der Waals surface area contributed by atoms with Crippen LogP contribution in [0.3, 0.4) is 0 Å². The minimum absolute atomic E-state index is 0.0391. The van der Waals surface area contributed by atoms with Gasteiger partial charge in [0.25, 0.3) is 6.43 Å². The molecule has 1 aromatic carbocycles. The molecule has 1 aromatic rings. The molecule has 5 nitrogen and oxygen atoms in total. The molecule has 1 amide bonds. The van der Waals surface area contributed by atoms with Crippen molar-refractivity contribution < 1.29 is 23.2 Å². The molecule has 0 saturated heterocycles. The van der Waals surface area contributed by atoms with E-state index in [4.69, 9.17) is 4.84 Å². The molecule has 0 heterocycles. The highest BCUT2D eigenvalue weighted by Gasteiger charge is 2.16. The van der Waals surface area contributed by atoms with Crippen LogP contribution in [0.1, 0.15) is 30.9 Å². The molecule has 7 heteroatoms. The maximum absolute atomic E-state index is 12.8. The average Bonchev–Trinajstić information content (AvgIpc) is 2.40. The Morgan fingerprint density at radius 2 is 2.26 bits per heavy atom. The fraction of sp³-hybridized carbons (Fsp3) is 0.333. The van der Waals surface area contributed by atoms with Gasteiger partial charge in [-0.3, -0.25) is 9.63 Å². The van der Waals surface area contributed by atoms with Crippen molar-refractivity contribution >= 4 is 17.7 Å². The van der Waals surface area contributed by atoms with Crippen LogP contribution in [-0.4, -0.2) is 12.0 Å². The summed E-state index contributed by atoms with van der Waals surface area (Å²) >= 11 is 0. The third-order valence-electron chi connectivity index (χ3n) is 2.31. The van der Waals surface area contributed by atoms with E-state index in [1.54, 1.807) is 6.92 Å². The Kier molecular flexibility index (Phi) is 5.78. The molecule has 0 aliphatic heterocycles. The molecule has 102 valence electrons. The van der Waals surface area contributed by atoms with E-state index in [1.165, 1.54) is 24.3 Å². The molecule has 0 aliphatic carbocycles. The summed E-state index contributed by atoms with van der Waals surface area (Å²) in [5, 5.41) is 0. The molecule has 19 heavy (non-hydrogen) atoms. The summed E-state index contributed by atoms with van der Waals surface area (Å²) in [4.78, 5) is 29.4. The van der Waals surface area contributed by atoms with Gasteiger partial charge in [0.1, 0.15) is 6.61 Å². The SMILES string of the molecule is CCC(=O)NOCc1c(N=C=O)cccc1C(F)F. The number of benzene rings is 1. The van der Waals surface area contributed by atoms with Gasteiger partial charge in [0, 0.05) is 17.5 Å². The zero-order valence-electron chi connectivity index (χ0n) is 10.2. The van der Waals surface area contributed by atoms with Gasteiger partial charge in [-0.15, -0.1) is 0 Å². The number of nitrogens with zero attached hydrogens (tertiary/aromatic N) is 1. The lowest BCUT2D eigenvalue weighted by Gasteiger charge is -2.11. The van der Waals surface area contributed by atoms with E-state index in [1.807, 2.05) is 0 Å². The molecule has 1 rings (SSSR count). The van der Waals surface area contributed by atoms with Crippen molar-refractivity contribution in [3.63, 3.8) is 0 Å². The van der Waals surface area contributed by atoms with Crippen LogP contribution < -0.4 is 5.48 Å². The second-order valence-electron chi connectivity index (χ2n) is 3.52. The Hall–Kier alpha value is -2.11. The summed E-state index contributed by atoms with van der Waals surface area (Å²) < 4.78 is 25.6. The van der Waals surface area contributed by atoms with Gasteiger partial charge in [-0.2, -0.15) is 4.99 Å². The lowest BCUT2D eigenvalue weighted by molar-refractivity contribution is -0.134. The van der Waals surface area contributed by atoms with Crippen LogP contribution in [-0.2, 0) is 21.0 Å². The van der Waals surface area contributed by atoms with Gasteiger partial charge in [-0.05, 0) is 6.07 Å². The van der Waals surface area contributed by atoms with E-state index in [2.05, 4.69) is 10.5 Å². The van der Waals surface area contributed by atoms with Crippen molar-refractivity contribution in [1.82, 2.24) is 5.48 Å². The average molecular weight is 270 g/mol. The molecule has 0 saturated carbocycles. The van der Waals surface area contributed by atoms with E-state index in [-0.39, 0.29) is 35.7 Å². The molecule has 0 unspecified atom stereocenters. The van der Waals surface area contributed by atoms with E-state index < -0.39 is 6.43 Å². The van der Waals surface area contributed by atoms with Crippen molar-refractivity contribution in [3.05, 3.63) is 29.3 Å². The van der Waals surface area contributed by atoms with Crippen LogP contribution in [0.15, 0.2) is 23.2 Å². The van der Waals surface area contributed by atoms with Crippen LogP contribution in [0, 0.1) is 0 Å². The first-order chi connectivity index (χ1) is 9.10. The topological polar surface area (TPSA) is 67.8 Å². The van der Waals surface area contributed by atoms with Gasteiger partial charge in [0.2, 0.25) is 12.0 Å². The van der Waals surface area contributed by atoms with Gasteiger partial charge < -0.3 is 0 Å². The highest BCUT2D eigenvalue weighted by Crippen LogP contribution is 2.30. The number of carbonyl (C=O) groups is 1. The summed E-state index contributed by atoms with van der Waals surface area (Å²) in [6, 6.07) is 3.94. The van der Waals surface area contributed by atoms with E-state index in [0.717, 1.165) is 0 Å². The number of hydroxylamine groups is 1. The normalized spacial score (nSPS) is 10.1. The molecular weight excluding hydrogens is 258 g/mol. The first kappa shape index (κ1) is 14.9. The second kappa shape index (κ2) is 7.35. The predicted octanol–water partition coefficient (Wildman–Crippen LogP) is 2.55. The van der Waals surface area contributed by atoms with Crippen molar-refractivity contribution in [2.75, 3.05) is 0 Å². The summed E-state index contributed by atoms with van der Waals surface area (Å²) in [5.74, 6) is -0.380. The van der Waals surface area contributed by atoms with Crippen LogP contribution >= 0.6 is 0 Å². The van der Waals surface area contributed by atoms with Gasteiger partial charge in [-0.25, -0.2) is 19.1 Å². The predicted molar refractivity (Wildman–Crippen MR) is 62.4 cm³/mol. The smallest absolute Gasteiger partial charge is 0.264 e. The van der Waals surface area contributed by atoms with Gasteiger partial charge in [0.05, 0.1) is 5.69 Å². The Morgan fingerprint density at radius 1 is 1.53 bits per heavy atom. The maximum atomic E-state index is 12.8. The fourth-order valence-electron chi connectivity index (χ4n) is 1.37. The van der Waals surface area contributed by atoms with Crippen molar-refractivity contribution in [2.24, 2.45) is 4.99 Å². The van der Waals surface area contributed by atoms with Crippen LogP contribution in [0.2, 0.25) is 0 Å². The summed E-state index contributed by atoms with van der Waals surface area (Å²) in [6.45, 7) is 1.31. The Balaban J connectivity index is 2.94. The highest BCUT2D eigenvalue weighted by molar-refractivity contribution is 5.74. The number of hydrogen-bond acceptors (Lipinski definition) is 4. The highest BCUT2D eigenvalue weighted by atomic mass is 19.3. The van der Waals surface area contributed by atoms with E-state index in [0.29, 0.717) is 0 Å². The molecular formula is C12H12F2N2O3. The first-order valence-electron chi connectivity index (χ1n) is 5.48. The third-order valence-corrected chi connectivity index (χ3v) is 2.31. The minimum atomic E-state index is -2.73. The zero-order valence-corrected chi connectivity index (χ0v) is 10.2. The van der Waals surface area contributed by atoms with Crippen molar-refractivity contribution in [2.45, 2.75) is 26.4 Å². The number of alkyl halides is 2. The van der Waals surface area contributed by atoms with Gasteiger partial charge in [-0.1, -0.05) is 19.1 Å². The molecule has 0 aromatic heterocycles. The van der Waals surface area contributed by atoms with E-state index >= 15 is 0 Å². The molecule has 0 aliphatic rings.